The van der Waals surface area contributed by atoms with Crippen molar-refractivity contribution in [2.24, 2.45) is 0 Å². The summed E-state index contributed by atoms with van der Waals surface area (Å²) in [6.45, 7) is 1.40. The molecule has 4 heteroatoms. The highest BCUT2D eigenvalue weighted by atomic mass is 16.3. The SMILES string of the molecule is CN(CCO)C(=O)[C@@H]1CCCN1. The smallest absolute Gasteiger partial charge is 0.239 e. The third kappa shape index (κ3) is 2.19. The molecule has 0 saturated carbocycles. The van der Waals surface area contributed by atoms with E-state index in [0.29, 0.717) is 6.54 Å². The number of hydrogen-bond acceptors (Lipinski definition) is 3. The maximum atomic E-state index is 11.5. The van der Waals surface area contributed by atoms with Crippen LogP contribution in [0.5, 0.6) is 0 Å². The Morgan fingerprint density at radius 2 is 2.50 bits per heavy atom. The van der Waals surface area contributed by atoms with Crippen LogP contribution < -0.4 is 5.32 Å². The number of nitrogens with zero attached hydrogens (tertiary/aromatic N) is 1. The molecule has 1 fully saturated rings. The quantitative estimate of drug-likeness (QED) is 0.585. The van der Waals surface area contributed by atoms with Crippen molar-refractivity contribution in [1.29, 1.82) is 0 Å². The van der Waals surface area contributed by atoms with Crippen molar-refractivity contribution in [3.8, 4) is 0 Å². The summed E-state index contributed by atoms with van der Waals surface area (Å²) in [5, 5.41) is 11.7. The fraction of sp³-hybridized carbons (Fsp3) is 0.875. The minimum Gasteiger partial charge on any atom is -0.395 e. The van der Waals surface area contributed by atoms with E-state index < -0.39 is 0 Å². The third-order valence-electron chi connectivity index (χ3n) is 2.17. The molecule has 1 atom stereocenters. The van der Waals surface area contributed by atoms with Crippen molar-refractivity contribution in [2.75, 3.05) is 26.7 Å². The van der Waals surface area contributed by atoms with Crippen LogP contribution in [0.25, 0.3) is 0 Å². The summed E-state index contributed by atoms with van der Waals surface area (Å²) in [5.74, 6) is 0.0987. The molecule has 12 heavy (non-hydrogen) atoms. The van der Waals surface area contributed by atoms with E-state index in [1.165, 1.54) is 0 Å². The summed E-state index contributed by atoms with van der Waals surface area (Å²) in [4.78, 5) is 13.1. The van der Waals surface area contributed by atoms with Gasteiger partial charge in [0.25, 0.3) is 0 Å². The van der Waals surface area contributed by atoms with Crippen LogP contribution in [-0.2, 0) is 4.79 Å². The fourth-order valence-electron chi connectivity index (χ4n) is 1.42. The second kappa shape index (κ2) is 4.42. The Hall–Kier alpha value is -0.610. The van der Waals surface area contributed by atoms with E-state index in [0.717, 1.165) is 19.4 Å². The van der Waals surface area contributed by atoms with Crippen molar-refractivity contribution in [2.45, 2.75) is 18.9 Å². The highest BCUT2D eigenvalue weighted by Gasteiger charge is 2.24. The average Bonchev–Trinajstić information content (AvgIpc) is 2.55. The fourth-order valence-corrected chi connectivity index (χ4v) is 1.42. The molecule has 1 saturated heterocycles. The van der Waals surface area contributed by atoms with Crippen LogP contribution in [0.3, 0.4) is 0 Å². The third-order valence-corrected chi connectivity index (χ3v) is 2.17. The predicted molar refractivity (Wildman–Crippen MR) is 45.7 cm³/mol. The number of likely N-dealkylation sites (N-methyl/N-ethyl adjacent to an activating group) is 1. The van der Waals surface area contributed by atoms with Crippen LogP contribution >= 0.6 is 0 Å². The van der Waals surface area contributed by atoms with E-state index in [2.05, 4.69) is 5.32 Å². The molecule has 0 aliphatic carbocycles. The van der Waals surface area contributed by atoms with Gasteiger partial charge >= 0.3 is 0 Å². The maximum Gasteiger partial charge on any atom is 0.239 e. The monoisotopic (exact) mass is 172 g/mol. The van der Waals surface area contributed by atoms with Crippen molar-refractivity contribution >= 4 is 5.91 Å². The van der Waals surface area contributed by atoms with E-state index in [9.17, 15) is 4.79 Å². The highest BCUT2D eigenvalue weighted by molar-refractivity contribution is 5.81. The predicted octanol–water partition coefficient (Wildman–Crippen LogP) is -0.811. The number of nitrogens with one attached hydrogen (secondary N) is 1. The van der Waals surface area contributed by atoms with Crippen LogP contribution in [0.15, 0.2) is 0 Å². The van der Waals surface area contributed by atoms with Gasteiger partial charge < -0.3 is 15.3 Å². The Morgan fingerprint density at radius 1 is 1.75 bits per heavy atom. The molecule has 0 aromatic heterocycles. The summed E-state index contributed by atoms with van der Waals surface area (Å²) in [7, 11) is 1.72. The molecule has 1 aliphatic rings. The van der Waals surface area contributed by atoms with Gasteiger partial charge in [-0.25, -0.2) is 0 Å². The van der Waals surface area contributed by atoms with Gasteiger partial charge in [-0.2, -0.15) is 0 Å². The van der Waals surface area contributed by atoms with Gasteiger partial charge in [0.05, 0.1) is 12.6 Å². The first kappa shape index (κ1) is 9.48. The van der Waals surface area contributed by atoms with Crippen LogP contribution in [0, 0.1) is 0 Å². The summed E-state index contributed by atoms with van der Waals surface area (Å²) in [6.07, 6.45) is 2.00. The van der Waals surface area contributed by atoms with Crippen molar-refractivity contribution in [3.05, 3.63) is 0 Å². The number of aliphatic hydroxyl groups is 1. The zero-order valence-electron chi connectivity index (χ0n) is 7.42. The lowest BCUT2D eigenvalue weighted by Gasteiger charge is -2.19. The number of carbonyl (C=O) groups is 1. The molecule has 0 aromatic rings. The van der Waals surface area contributed by atoms with Crippen molar-refractivity contribution in [3.63, 3.8) is 0 Å². The van der Waals surface area contributed by atoms with Crippen molar-refractivity contribution in [1.82, 2.24) is 10.2 Å². The molecule has 0 radical (unpaired) electrons. The Bertz CT molecular complexity index is 155. The normalized spacial score (nSPS) is 22.7. The Balaban J connectivity index is 2.34. The topological polar surface area (TPSA) is 52.6 Å². The number of rotatable bonds is 3. The number of amides is 1. The average molecular weight is 172 g/mol. The molecule has 0 aromatic carbocycles. The van der Waals surface area contributed by atoms with Crippen LogP contribution in [0.2, 0.25) is 0 Å². The first-order valence-corrected chi connectivity index (χ1v) is 4.35. The minimum atomic E-state index is -0.0125. The van der Waals surface area contributed by atoms with Gasteiger partial charge in [0.2, 0.25) is 5.91 Å². The van der Waals surface area contributed by atoms with Gasteiger partial charge in [-0.15, -0.1) is 0 Å². The zero-order valence-corrected chi connectivity index (χ0v) is 7.42. The van der Waals surface area contributed by atoms with E-state index >= 15 is 0 Å². The molecular formula is C8H16N2O2. The molecule has 0 spiro atoms. The first-order valence-electron chi connectivity index (χ1n) is 4.35. The number of carbonyl (C=O) groups excluding carboxylic acids is 1. The van der Waals surface area contributed by atoms with E-state index in [4.69, 9.17) is 5.11 Å². The van der Waals surface area contributed by atoms with E-state index in [1.54, 1.807) is 11.9 Å². The lowest BCUT2D eigenvalue weighted by Crippen LogP contribution is -2.42. The van der Waals surface area contributed by atoms with Gasteiger partial charge in [0.15, 0.2) is 0 Å². The Labute approximate surface area is 72.6 Å². The zero-order chi connectivity index (χ0) is 8.97. The molecule has 0 bridgehead atoms. The van der Waals surface area contributed by atoms with Gasteiger partial charge in [-0.3, -0.25) is 4.79 Å². The number of hydrogen-bond donors (Lipinski definition) is 2. The molecule has 70 valence electrons. The van der Waals surface area contributed by atoms with Crippen LogP contribution in [0.4, 0.5) is 0 Å². The summed E-state index contributed by atoms with van der Waals surface area (Å²) >= 11 is 0. The van der Waals surface area contributed by atoms with Crippen LogP contribution in [0.1, 0.15) is 12.8 Å². The maximum absolute atomic E-state index is 11.5. The second-order valence-corrected chi connectivity index (χ2v) is 3.13. The second-order valence-electron chi connectivity index (χ2n) is 3.13. The summed E-state index contributed by atoms with van der Waals surface area (Å²) in [5.41, 5.74) is 0. The van der Waals surface area contributed by atoms with E-state index in [1.807, 2.05) is 0 Å². The highest BCUT2D eigenvalue weighted by Crippen LogP contribution is 2.07. The van der Waals surface area contributed by atoms with Gasteiger partial charge in [-0.05, 0) is 19.4 Å². The molecule has 1 aliphatic heterocycles. The first-order chi connectivity index (χ1) is 5.75. The van der Waals surface area contributed by atoms with Gasteiger partial charge in [-0.1, -0.05) is 0 Å². The van der Waals surface area contributed by atoms with Crippen molar-refractivity contribution < 1.29 is 9.90 Å². The molecule has 1 heterocycles. The lowest BCUT2D eigenvalue weighted by molar-refractivity contribution is -0.132. The number of aliphatic hydroxyl groups excluding tert-OH is 1. The molecule has 1 rings (SSSR count). The molecule has 1 amide bonds. The molecule has 4 nitrogen and oxygen atoms in total. The molecular weight excluding hydrogens is 156 g/mol. The molecule has 0 unspecified atom stereocenters. The lowest BCUT2D eigenvalue weighted by atomic mass is 10.2. The summed E-state index contributed by atoms with van der Waals surface area (Å²) in [6, 6.07) is -0.0125. The Morgan fingerprint density at radius 3 is 3.00 bits per heavy atom. The van der Waals surface area contributed by atoms with Gasteiger partial charge in [0.1, 0.15) is 0 Å². The van der Waals surface area contributed by atoms with Gasteiger partial charge in [0, 0.05) is 13.6 Å². The Kier molecular flexibility index (Phi) is 3.49. The standard InChI is InChI=1S/C8H16N2O2/c1-10(5-6-11)8(12)7-3-2-4-9-7/h7,9,11H,2-6H2,1H3/t7-/m0/s1. The molecule has 2 N–H and O–H groups in total. The largest absolute Gasteiger partial charge is 0.395 e. The van der Waals surface area contributed by atoms with Crippen LogP contribution in [-0.4, -0.2) is 48.7 Å². The minimum absolute atomic E-state index is 0.0125. The summed E-state index contributed by atoms with van der Waals surface area (Å²) < 4.78 is 0. The van der Waals surface area contributed by atoms with E-state index in [-0.39, 0.29) is 18.6 Å².